The van der Waals surface area contributed by atoms with E-state index in [1.54, 1.807) is 0 Å². The molecule has 4 nitrogen and oxygen atoms in total. The number of esters is 2. The molecule has 22 heavy (non-hydrogen) atoms. The average Bonchev–Trinajstić information content (AvgIpc) is 2.89. The second kappa shape index (κ2) is 6.60. The molecular formula is C18H20O4. The van der Waals surface area contributed by atoms with Crippen LogP contribution >= 0.6 is 0 Å². The molecule has 1 saturated carbocycles. The first-order valence-corrected chi connectivity index (χ1v) is 7.11. The van der Waals surface area contributed by atoms with Crippen LogP contribution in [0.4, 0.5) is 0 Å². The van der Waals surface area contributed by atoms with Crippen LogP contribution in [0.5, 0.6) is 0 Å². The monoisotopic (exact) mass is 300 g/mol. The molecule has 0 aliphatic heterocycles. The van der Waals surface area contributed by atoms with Gasteiger partial charge in [-0.2, -0.15) is 0 Å². The van der Waals surface area contributed by atoms with Gasteiger partial charge in [0.2, 0.25) is 0 Å². The number of hydrogen-bond donors (Lipinski definition) is 0. The predicted octanol–water partition coefficient (Wildman–Crippen LogP) is 3.00. The van der Waals surface area contributed by atoms with Gasteiger partial charge in [-0.25, -0.2) is 0 Å². The number of allylic oxidation sites excluding steroid dienone is 2. The molecule has 0 bridgehead atoms. The van der Waals surface area contributed by atoms with Gasteiger partial charge in [0.05, 0.1) is 14.2 Å². The van der Waals surface area contributed by atoms with Crippen LogP contribution in [-0.4, -0.2) is 26.2 Å². The van der Waals surface area contributed by atoms with Crippen molar-refractivity contribution in [1.29, 1.82) is 0 Å². The molecule has 1 aromatic rings. The van der Waals surface area contributed by atoms with E-state index in [0.29, 0.717) is 6.42 Å². The van der Waals surface area contributed by atoms with Gasteiger partial charge in [0.1, 0.15) is 0 Å². The molecule has 0 aromatic heterocycles. The summed E-state index contributed by atoms with van der Waals surface area (Å²) in [5.74, 6) is -1.46. The third-order valence-corrected chi connectivity index (χ3v) is 4.09. The normalized spacial score (nSPS) is 20.1. The maximum atomic E-state index is 12.3. The predicted molar refractivity (Wildman–Crippen MR) is 83.8 cm³/mol. The molecule has 116 valence electrons. The van der Waals surface area contributed by atoms with E-state index in [2.05, 4.69) is 6.58 Å². The molecule has 1 atom stereocenters. The van der Waals surface area contributed by atoms with Crippen molar-refractivity contribution in [2.45, 2.75) is 12.8 Å². The summed E-state index contributed by atoms with van der Waals surface area (Å²) >= 11 is 0. The van der Waals surface area contributed by atoms with Gasteiger partial charge in [0.25, 0.3) is 0 Å². The second-order valence-electron chi connectivity index (χ2n) is 5.46. The van der Waals surface area contributed by atoms with Crippen molar-refractivity contribution in [3.05, 3.63) is 54.1 Å². The lowest BCUT2D eigenvalue weighted by molar-refractivity contribution is -0.170. The Bertz CT molecular complexity index is 585. The Hall–Kier alpha value is -2.36. The lowest BCUT2D eigenvalue weighted by Gasteiger charge is -2.27. The number of benzene rings is 1. The number of methoxy groups -OCH3 is 2. The molecule has 0 spiro atoms. The zero-order chi connectivity index (χ0) is 16.2. The Labute approximate surface area is 130 Å². The largest absolute Gasteiger partial charge is 0.468 e. The SMILES string of the molecule is C=C1CC(/C=C/c2ccccc2)C(C(=O)OC)(C(=O)OC)C1. The summed E-state index contributed by atoms with van der Waals surface area (Å²) in [6.45, 7) is 3.94. The van der Waals surface area contributed by atoms with Gasteiger partial charge in [-0.15, -0.1) is 0 Å². The van der Waals surface area contributed by atoms with Crippen molar-refractivity contribution in [3.8, 4) is 0 Å². The van der Waals surface area contributed by atoms with Crippen LogP contribution in [0, 0.1) is 11.3 Å². The lowest BCUT2D eigenvalue weighted by atomic mass is 9.77. The fraction of sp³-hybridized carbons (Fsp3) is 0.333. The van der Waals surface area contributed by atoms with Crippen molar-refractivity contribution in [3.63, 3.8) is 0 Å². The van der Waals surface area contributed by atoms with Crippen molar-refractivity contribution in [1.82, 2.24) is 0 Å². The summed E-state index contributed by atoms with van der Waals surface area (Å²) < 4.78 is 9.75. The molecule has 1 aromatic carbocycles. The van der Waals surface area contributed by atoms with Gasteiger partial charge in [0, 0.05) is 5.92 Å². The third kappa shape index (κ3) is 2.82. The fourth-order valence-electron chi connectivity index (χ4n) is 3.00. The quantitative estimate of drug-likeness (QED) is 0.487. The van der Waals surface area contributed by atoms with E-state index in [-0.39, 0.29) is 12.3 Å². The zero-order valence-electron chi connectivity index (χ0n) is 12.9. The van der Waals surface area contributed by atoms with Crippen molar-refractivity contribution in [2.24, 2.45) is 11.3 Å². The molecule has 0 amide bonds. The molecular weight excluding hydrogens is 280 g/mol. The molecule has 0 N–H and O–H groups in total. The van der Waals surface area contributed by atoms with Crippen LogP contribution in [0.25, 0.3) is 6.08 Å². The summed E-state index contributed by atoms with van der Waals surface area (Å²) in [5, 5.41) is 0. The number of ether oxygens (including phenoxy) is 2. The Morgan fingerprint density at radius 2 is 1.77 bits per heavy atom. The summed E-state index contributed by atoms with van der Waals surface area (Å²) in [7, 11) is 2.57. The minimum atomic E-state index is -1.33. The Kier molecular flexibility index (Phi) is 4.81. The third-order valence-electron chi connectivity index (χ3n) is 4.09. The Morgan fingerprint density at radius 3 is 2.32 bits per heavy atom. The van der Waals surface area contributed by atoms with Crippen LogP contribution < -0.4 is 0 Å². The van der Waals surface area contributed by atoms with Crippen LogP contribution in [0.3, 0.4) is 0 Å². The smallest absolute Gasteiger partial charge is 0.324 e. The first-order chi connectivity index (χ1) is 10.5. The van der Waals surface area contributed by atoms with E-state index < -0.39 is 17.4 Å². The second-order valence-corrected chi connectivity index (χ2v) is 5.46. The van der Waals surface area contributed by atoms with E-state index in [1.807, 2.05) is 42.5 Å². The minimum absolute atomic E-state index is 0.260. The minimum Gasteiger partial charge on any atom is -0.468 e. The molecule has 0 saturated heterocycles. The standard InChI is InChI=1S/C18H20O4/c1-13-11-15(10-9-14-7-5-4-6-8-14)18(12-13,16(19)21-2)17(20)22-3/h4-10,15H,1,11-12H2,2-3H3/b10-9+. The van der Waals surface area contributed by atoms with Crippen LogP contribution in [-0.2, 0) is 19.1 Å². The molecule has 1 aliphatic carbocycles. The van der Waals surface area contributed by atoms with Gasteiger partial charge in [-0.3, -0.25) is 9.59 Å². The van der Waals surface area contributed by atoms with Gasteiger partial charge >= 0.3 is 11.9 Å². The summed E-state index contributed by atoms with van der Waals surface area (Å²) in [4.78, 5) is 24.6. The van der Waals surface area contributed by atoms with Gasteiger partial charge in [-0.1, -0.05) is 54.6 Å². The molecule has 1 unspecified atom stereocenters. The van der Waals surface area contributed by atoms with Gasteiger partial charge < -0.3 is 9.47 Å². The topological polar surface area (TPSA) is 52.6 Å². The van der Waals surface area contributed by atoms with E-state index in [9.17, 15) is 9.59 Å². The number of carbonyl (C=O) groups is 2. The molecule has 4 heteroatoms. The zero-order valence-corrected chi connectivity index (χ0v) is 12.9. The van der Waals surface area contributed by atoms with E-state index in [0.717, 1.165) is 11.1 Å². The molecule has 2 rings (SSSR count). The van der Waals surface area contributed by atoms with E-state index >= 15 is 0 Å². The molecule has 0 radical (unpaired) electrons. The lowest BCUT2D eigenvalue weighted by Crippen LogP contribution is -2.43. The number of rotatable bonds is 4. The van der Waals surface area contributed by atoms with Crippen molar-refractivity contribution >= 4 is 18.0 Å². The summed E-state index contributed by atoms with van der Waals surface area (Å²) in [5.41, 5.74) is 0.522. The van der Waals surface area contributed by atoms with Gasteiger partial charge in [0.15, 0.2) is 5.41 Å². The first-order valence-electron chi connectivity index (χ1n) is 7.11. The first kappa shape index (κ1) is 16.0. The van der Waals surface area contributed by atoms with E-state index in [4.69, 9.17) is 9.47 Å². The summed E-state index contributed by atoms with van der Waals surface area (Å²) in [6.07, 6.45) is 4.61. The fourth-order valence-corrected chi connectivity index (χ4v) is 3.00. The average molecular weight is 300 g/mol. The number of hydrogen-bond acceptors (Lipinski definition) is 4. The van der Waals surface area contributed by atoms with Crippen LogP contribution in [0.2, 0.25) is 0 Å². The molecule has 0 heterocycles. The van der Waals surface area contributed by atoms with Gasteiger partial charge in [-0.05, 0) is 18.4 Å². The molecule has 1 fully saturated rings. The van der Waals surface area contributed by atoms with Crippen molar-refractivity contribution in [2.75, 3.05) is 14.2 Å². The number of carbonyl (C=O) groups excluding carboxylic acids is 2. The Morgan fingerprint density at radius 1 is 1.18 bits per heavy atom. The maximum Gasteiger partial charge on any atom is 0.324 e. The molecule has 1 aliphatic rings. The highest BCUT2D eigenvalue weighted by atomic mass is 16.5. The van der Waals surface area contributed by atoms with Crippen LogP contribution in [0.15, 0.2) is 48.6 Å². The highest BCUT2D eigenvalue weighted by molar-refractivity contribution is 6.01. The highest BCUT2D eigenvalue weighted by Crippen LogP contribution is 2.48. The van der Waals surface area contributed by atoms with E-state index in [1.165, 1.54) is 14.2 Å². The van der Waals surface area contributed by atoms with Crippen LogP contribution in [0.1, 0.15) is 18.4 Å². The maximum absolute atomic E-state index is 12.3. The Balaban J connectivity index is 2.38. The highest BCUT2D eigenvalue weighted by Gasteiger charge is 2.57. The van der Waals surface area contributed by atoms with Crippen molar-refractivity contribution < 1.29 is 19.1 Å². The summed E-state index contributed by atoms with van der Waals surface area (Å²) in [6, 6.07) is 9.71.